The van der Waals surface area contributed by atoms with Crippen LogP contribution in [0.4, 0.5) is 0 Å². The summed E-state index contributed by atoms with van der Waals surface area (Å²) in [5.41, 5.74) is 0. The zero-order valence-electron chi connectivity index (χ0n) is 9.20. The smallest absolute Gasteiger partial charge is 0.287 e. The van der Waals surface area contributed by atoms with Crippen LogP contribution in [0.25, 0.3) is 0 Å². The van der Waals surface area contributed by atoms with E-state index in [9.17, 15) is 4.79 Å². The van der Waals surface area contributed by atoms with Gasteiger partial charge in [0.05, 0.1) is 6.54 Å². The first-order valence-electron chi connectivity index (χ1n) is 5.16. The van der Waals surface area contributed by atoms with Gasteiger partial charge in [-0.2, -0.15) is 0 Å². The Morgan fingerprint density at radius 1 is 1.59 bits per heavy atom. The summed E-state index contributed by atoms with van der Waals surface area (Å²) in [5, 5.41) is 3.81. The van der Waals surface area contributed by atoms with Gasteiger partial charge in [-0.3, -0.25) is 4.79 Å². The van der Waals surface area contributed by atoms with Crippen LogP contribution in [0.1, 0.15) is 27.4 Å². The number of carbonyl (C=O) groups is 1. The van der Waals surface area contributed by atoms with Crippen LogP contribution in [0.3, 0.4) is 0 Å². The van der Waals surface area contributed by atoms with Gasteiger partial charge in [0.2, 0.25) is 0 Å². The number of furan rings is 1. The second-order valence-electron chi connectivity index (χ2n) is 3.36. The van der Waals surface area contributed by atoms with Crippen molar-refractivity contribution in [3.63, 3.8) is 0 Å². The van der Waals surface area contributed by atoms with Crippen molar-refractivity contribution in [3.05, 3.63) is 39.2 Å². The molecule has 1 N–H and O–H groups in total. The molecule has 2 rings (SSSR count). The van der Waals surface area contributed by atoms with E-state index in [-0.39, 0.29) is 16.9 Å². The molecule has 6 heteroatoms. The fourth-order valence-corrected chi connectivity index (χ4v) is 2.22. The van der Waals surface area contributed by atoms with Crippen molar-refractivity contribution < 1.29 is 9.21 Å². The maximum Gasteiger partial charge on any atom is 0.287 e. The third-order valence-corrected chi connectivity index (χ3v) is 3.49. The molecular weight excluding hydrogens is 260 g/mol. The Bertz CT molecular complexity index is 521. The minimum absolute atomic E-state index is 0.206. The summed E-state index contributed by atoms with van der Waals surface area (Å²) in [7, 11) is 0. The molecule has 0 saturated carbocycles. The number of hydrogen-bond acceptors (Lipinski definition) is 4. The van der Waals surface area contributed by atoms with Crippen molar-refractivity contribution in [1.29, 1.82) is 0 Å². The lowest BCUT2D eigenvalue weighted by molar-refractivity contribution is 0.0923. The summed E-state index contributed by atoms with van der Waals surface area (Å²) in [6.45, 7) is 2.47. The van der Waals surface area contributed by atoms with Gasteiger partial charge in [-0.25, -0.2) is 4.98 Å². The number of aromatic nitrogens is 1. The van der Waals surface area contributed by atoms with E-state index >= 15 is 0 Å². The highest BCUT2D eigenvalue weighted by Crippen LogP contribution is 2.15. The Morgan fingerprint density at radius 2 is 2.41 bits per heavy atom. The molecule has 0 saturated heterocycles. The van der Waals surface area contributed by atoms with Crippen molar-refractivity contribution >= 4 is 28.8 Å². The van der Waals surface area contributed by atoms with E-state index in [1.807, 2.05) is 6.20 Å². The van der Waals surface area contributed by atoms with Crippen LogP contribution in [-0.4, -0.2) is 10.9 Å². The first kappa shape index (κ1) is 12.1. The van der Waals surface area contributed by atoms with E-state index in [4.69, 9.17) is 16.0 Å². The number of nitrogens with zero attached hydrogens (tertiary/aromatic N) is 1. The Hall–Kier alpha value is -1.33. The van der Waals surface area contributed by atoms with Crippen molar-refractivity contribution in [3.8, 4) is 0 Å². The third-order valence-electron chi connectivity index (χ3n) is 2.15. The third kappa shape index (κ3) is 3.08. The fraction of sp³-hybridized carbons (Fsp3) is 0.273. The summed E-state index contributed by atoms with van der Waals surface area (Å²) in [5.74, 6) is -0.0765. The first-order valence-corrected chi connectivity index (χ1v) is 6.35. The van der Waals surface area contributed by atoms with Crippen LogP contribution < -0.4 is 5.32 Å². The molecular formula is C11H11ClN2O2S. The Morgan fingerprint density at radius 3 is 3.00 bits per heavy atom. The van der Waals surface area contributed by atoms with Gasteiger partial charge in [0.1, 0.15) is 5.01 Å². The lowest BCUT2D eigenvalue weighted by Crippen LogP contribution is -2.22. The number of aryl methyl sites for hydroxylation is 1. The van der Waals surface area contributed by atoms with Gasteiger partial charge in [-0.15, -0.1) is 11.3 Å². The number of carbonyl (C=O) groups excluding carboxylic acids is 1. The highest BCUT2D eigenvalue weighted by atomic mass is 35.5. The normalized spacial score (nSPS) is 10.5. The second-order valence-corrected chi connectivity index (χ2v) is 4.93. The van der Waals surface area contributed by atoms with Crippen molar-refractivity contribution in [2.75, 3.05) is 0 Å². The van der Waals surface area contributed by atoms with E-state index < -0.39 is 0 Å². The van der Waals surface area contributed by atoms with Crippen LogP contribution >= 0.6 is 22.9 Å². The number of amides is 1. The molecule has 0 atom stereocenters. The lowest BCUT2D eigenvalue weighted by atomic mass is 10.4. The molecule has 17 heavy (non-hydrogen) atoms. The number of halogens is 1. The quantitative estimate of drug-likeness (QED) is 0.929. The monoisotopic (exact) mass is 270 g/mol. The van der Waals surface area contributed by atoms with Crippen LogP contribution in [0.2, 0.25) is 5.22 Å². The maximum atomic E-state index is 11.6. The van der Waals surface area contributed by atoms with Gasteiger partial charge < -0.3 is 9.73 Å². The van der Waals surface area contributed by atoms with Crippen LogP contribution in [0.15, 0.2) is 22.7 Å². The van der Waals surface area contributed by atoms with Crippen LogP contribution in [0, 0.1) is 0 Å². The molecule has 0 aliphatic heterocycles. The molecule has 0 fully saturated rings. The molecule has 1 amide bonds. The van der Waals surface area contributed by atoms with Gasteiger partial charge >= 0.3 is 0 Å². The SMILES string of the molecule is CCc1cnc(CNC(=O)c2ccc(Cl)o2)s1. The maximum absolute atomic E-state index is 11.6. The van der Waals surface area contributed by atoms with E-state index in [1.165, 1.54) is 17.0 Å². The largest absolute Gasteiger partial charge is 0.440 e. The molecule has 2 aromatic heterocycles. The number of thiazole rings is 1. The van der Waals surface area contributed by atoms with E-state index in [0.717, 1.165) is 11.4 Å². The molecule has 0 aliphatic rings. The van der Waals surface area contributed by atoms with E-state index in [2.05, 4.69) is 17.2 Å². The van der Waals surface area contributed by atoms with Crippen molar-refractivity contribution in [1.82, 2.24) is 10.3 Å². The lowest BCUT2D eigenvalue weighted by Gasteiger charge is -1.99. The predicted octanol–water partition coefficient (Wildman–Crippen LogP) is 2.88. The van der Waals surface area contributed by atoms with Gasteiger partial charge in [-0.1, -0.05) is 6.92 Å². The Balaban J connectivity index is 1.92. The average Bonchev–Trinajstić information content (AvgIpc) is 2.94. The summed E-state index contributed by atoms with van der Waals surface area (Å²) >= 11 is 7.18. The average molecular weight is 271 g/mol. The topological polar surface area (TPSA) is 55.1 Å². The summed E-state index contributed by atoms with van der Waals surface area (Å²) in [6, 6.07) is 3.08. The number of nitrogens with one attached hydrogen (secondary N) is 1. The fourth-order valence-electron chi connectivity index (χ4n) is 1.27. The molecule has 0 unspecified atom stereocenters. The molecule has 0 bridgehead atoms. The Kier molecular flexibility index (Phi) is 3.81. The van der Waals surface area contributed by atoms with Gasteiger partial charge in [-0.05, 0) is 30.2 Å². The molecule has 0 radical (unpaired) electrons. The highest BCUT2D eigenvalue weighted by Gasteiger charge is 2.10. The van der Waals surface area contributed by atoms with Gasteiger partial charge in [0.25, 0.3) is 5.91 Å². The molecule has 0 spiro atoms. The van der Waals surface area contributed by atoms with Gasteiger partial charge in [0.15, 0.2) is 11.0 Å². The summed E-state index contributed by atoms with van der Waals surface area (Å²) < 4.78 is 5.00. The molecule has 4 nitrogen and oxygen atoms in total. The van der Waals surface area contributed by atoms with E-state index in [0.29, 0.717) is 6.54 Å². The Labute approximate surface area is 108 Å². The minimum Gasteiger partial charge on any atom is -0.440 e. The van der Waals surface area contributed by atoms with Crippen molar-refractivity contribution in [2.45, 2.75) is 19.9 Å². The van der Waals surface area contributed by atoms with Crippen LogP contribution in [-0.2, 0) is 13.0 Å². The second kappa shape index (κ2) is 5.33. The molecule has 2 aromatic rings. The molecule has 0 aromatic carbocycles. The van der Waals surface area contributed by atoms with Crippen molar-refractivity contribution in [2.24, 2.45) is 0 Å². The summed E-state index contributed by atoms with van der Waals surface area (Å²) in [6.07, 6.45) is 2.79. The standard InChI is InChI=1S/C11H11ClN2O2S/c1-2-7-5-13-10(17-7)6-14-11(15)8-3-4-9(12)16-8/h3-5H,2,6H2,1H3,(H,14,15). The zero-order chi connectivity index (χ0) is 12.3. The first-order chi connectivity index (χ1) is 8.19. The summed E-state index contributed by atoms with van der Waals surface area (Å²) in [4.78, 5) is 17.0. The van der Waals surface area contributed by atoms with Gasteiger partial charge in [0, 0.05) is 11.1 Å². The zero-order valence-corrected chi connectivity index (χ0v) is 10.8. The van der Waals surface area contributed by atoms with Crippen LogP contribution in [0.5, 0.6) is 0 Å². The number of hydrogen-bond donors (Lipinski definition) is 1. The van der Waals surface area contributed by atoms with E-state index in [1.54, 1.807) is 11.3 Å². The molecule has 0 aliphatic carbocycles. The highest BCUT2D eigenvalue weighted by molar-refractivity contribution is 7.11. The molecule has 2 heterocycles. The number of rotatable bonds is 4. The minimum atomic E-state index is -0.287. The molecule has 90 valence electrons. The predicted molar refractivity (Wildman–Crippen MR) is 66.4 cm³/mol.